The monoisotopic (exact) mass is 231 g/mol. The molecule has 1 aromatic carbocycles. The molecule has 4 nitrogen and oxygen atoms in total. The molecule has 0 amide bonds. The van der Waals surface area contributed by atoms with Gasteiger partial charge in [-0.3, -0.25) is 0 Å². The molecule has 1 aromatic rings. The lowest BCUT2D eigenvalue weighted by atomic mass is 10.3. The maximum Gasteiger partial charge on any atom is 0.137 e. The second kappa shape index (κ2) is 5.80. The van der Waals surface area contributed by atoms with Crippen LogP contribution in [0.3, 0.4) is 0 Å². The van der Waals surface area contributed by atoms with E-state index in [1.807, 2.05) is 0 Å². The third-order valence-electron chi connectivity index (χ3n) is 1.90. The van der Waals surface area contributed by atoms with Gasteiger partial charge in [0.2, 0.25) is 0 Å². The molecule has 1 atom stereocenters. The number of methoxy groups -OCH3 is 1. The van der Waals surface area contributed by atoms with Gasteiger partial charge in [0.1, 0.15) is 5.75 Å². The van der Waals surface area contributed by atoms with E-state index in [-0.39, 0.29) is 13.2 Å². The van der Waals surface area contributed by atoms with Gasteiger partial charge in [-0.2, -0.15) is 0 Å². The lowest BCUT2D eigenvalue weighted by molar-refractivity contribution is 0.105. The van der Waals surface area contributed by atoms with Crippen LogP contribution in [0.25, 0.3) is 0 Å². The van der Waals surface area contributed by atoms with Crippen molar-refractivity contribution in [1.82, 2.24) is 0 Å². The van der Waals surface area contributed by atoms with E-state index >= 15 is 0 Å². The van der Waals surface area contributed by atoms with Gasteiger partial charge in [-0.25, -0.2) is 0 Å². The summed E-state index contributed by atoms with van der Waals surface area (Å²) in [5.41, 5.74) is 0.772. The number of aliphatic hydroxyl groups is 2. The van der Waals surface area contributed by atoms with Crippen LogP contribution in [0.2, 0.25) is 5.02 Å². The second-order valence-electron chi connectivity index (χ2n) is 3.07. The molecule has 0 saturated carbocycles. The fraction of sp³-hybridized carbons (Fsp3) is 0.400. The lowest BCUT2D eigenvalue weighted by Gasteiger charge is -2.11. The summed E-state index contributed by atoms with van der Waals surface area (Å²) in [7, 11) is 1.55. The van der Waals surface area contributed by atoms with Crippen molar-refractivity contribution in [3.8, 4) is 5.75 Å². The lowest BCUT2D eigenvalue weighted by Crippen LogP contribution is -2.22. The van der Waals surface area contributed by atoms with E-state index in [0.29, 0.717) is 10.8 Å². The summed E-state index contributed by atoms with van der Waals surface area (Å²) in [6.07, 6.45) is -0.772. The first-order valence-corrected chi connectivity index (χ1v) is 4.91. The molecule has 0 aliphatic carbocycles. The number of anilines is 1. The number of aliphatic hydroxyl groups excluding tert-OH is 2. The summed E-state index contributed by atoms with van der Waals surface area (Å²) in [5.74, 6) is 0.602. The van der Waals surface area contributed by atoms with Crippen molar-refractivity contribution < 1.29 is 14.9 Å². The minimum atomic E-state index is -0.772. The SMILES string of the molecule is COc1ccc(NCC(O)CO)cc1Cl. The Labute approximate surface area is 93.4 Å². The molecule has 1 unspecified atom stereocenters. The van der Waals surface area contributed by atoms with E-state index in [0.717, 1.165) is 5.69 Å². The van der Waals surface area contributed by atoms with Gasteiger partial charge in [0.25, 0.3) is 0 Å². The van der Waals surface area contributed by atoms with Crippen molar-refractivity contribution in [3.63, 3.8) is 0 Å². The highest BCUT2D eigenvalue weighted by molar-refractivity contribution is 6.32. The Morgan fingerprint density at radius 1 is 1.53 bits per heavy atom. The summed E-state index contributed by atoms with van der Waals surface area (Å²) in [5, 5.41) is 21.2. The highest BCUT2D eigenvalue weighted by Crippen LogP contribution is 2.26. The molecule has 15 heavy (non-hydrogen) atoms. The van der Waals surface area contributed by atoms with Crippen LogP contribution in [0.1, 0.15) is 0 Å². The minimum absolute atomic E-state index is 0.267. The fourth-order valence-electron chi connectivity index (χ4n) is 1.08. The first kappa shape index (κ1) is 12.1. The average molecular weight is 232 g/mol. The van der Waals surface area contributed by atoms with Gasteiger partial charge in [-0.15, -0.1) is 0 Å². The number of hydrogen-bond donors (Lipinski definition) is 3. The normalized spacial score (nSPS) is 12.3. The van der Waals surface area contributed by atoms with E-state index in [9.17, 15) is 0 Å². The molecular weight excluding hydrogens is 218 g/mol. The van der Waals surface area contributed by atoms with Gasteiger partial charge >= 0.3 is 0 Å². The highest BCUT2D eigenvalue weighted by Gasteiger charge is 2.04. The predicted octanol–water partition coefficient (Wildman–Crippen LogP) is 1.11. The van der Waals surface area contributed by atoms with Crippen LogP contribution in [-0.4, -0.2) is 36.6 Å². The van der Waals surface area contributed by atoms with Crippen molar-refractivity contribution in [3.05, 3.63) is 23.2 Å². The Bertz CT molecular complexity index is 320. The van der Waals surface area contributed by atoms with Gasteiger partial charge in [0.05, 0.1) is 24.8 Å². The van der Waals surface area contributed by atoms with Crippen LogP contribution in [0, 0.1) is 0 Å². The zero-order valence-corrected chi connectivity index (χ0v) is 9.16. The van der Waals surface area contributed by atoms with Gasteiger partial charge in [0, 0.05) is 12.2 Å². The van der Waals surface area contributed by atoms with Crippen LogP contribution in [0.5, 0.6) is 5.75 Å². The number of nitrogens with one attached hydrogen (secondary N) is 1. The average Bonchev–Trinajstić information content (AvgIpc) is 2.26. The Morgan fingerprint density at radius 3 is 2.80 bits per heavy atom. The number of hydrogen-bond acceptors (Lipinski definition) is 4. The van der Waals surface area contributed by atoms with E-state index < -0.39 is 6.10 Å². The van der Waals surface area contributed by atoms with Gasteiger partial charge in [-0.05, 0) is 18.2 Å². The Hall–Kier alpha value is -0.970. The quantitative estimate of drug-likeness (QED) is 0.711. The maximum absolute atomic E-state index is 9.12. The largest absolute Gasteiger partial charge is 0.495 e. The molecule has 0 spiro atoms. The number of ether oxygens (including phenoxy) is 1. The summed E-state index contributed by atoms with van der Waals surface area (Å²) in [6, 6.07) is 5.22. The fourth-order valence-corrected chi connectivity index (χ4v) is 1.33. The van der Waals surface area contributed by atoms with Crippen molar-refractivity contribution in [2.24, 2.45) is 0 Å². The first-order chi connectivity index (χ1) is 7.17. The molecule has 0 aromatic heterocycles. The number of halogens is 1. The molecule has 0 saturated heterocycles. The molecule has 0 aliphatic rings. The summed E-state index contributed by atoms with van der Waals surface area (Å²) >= 11 is 5.90. The third-order valence-corrected chi connectivity index (χ3v) is 2.20. The second-order valence-corrected chi connectivity index (χ2v) is 3.47. The molecular formula is C10H14ClNO3. The third kappa shape index (κ3) is 3.58. The maximum atomic E-state index is 9.12. The molecule has 0 fully saturated rings. The number of rotatable bonds is 5. The van der Waals surface area contributed by atoms with Crippen molar-refractivity contribution in [2.75, 3.05) is 25.6 Å². The molecule has 3 N–H and O–H groups in total. The highest BCUT2D eigenvalue weighted by atomic mass is 35.5. The first-order valence-electron chi connectivity index (χ1n) is 4.53. The molecule has 1 rings (SSSR count). The molecule has 0 aliphatic heterocycles. The number of benzene rings is 1. The van der Waals surface area contributed by atoms with Crippen molar-refractivity contribution in [2.45, 2.75) is 6.10 Å². The molecule has 84 valence electrons. The summed E-state index contributed by atoms with van der Waals surface area (Å²) in [6.45, 7) is 0.00996. The zero-order valence-electron chi connectivity index (χ0n) is 8.40. The zero-order chi connectivity index (χ0) is 11.3. The van der Waals surface area contributed by atoms with Crippen LogP contribution in [0.4, 0.5) is 5.69 Å². The Kier molecular flexibility index (Phi) is 4.68. The van der Waals surface area contributed by atoms with Crippen LogP contribution in [0.15, 0.2) is 18.2 Å². The smallest absolute Gasteiger partial charge is 0.137 e. The summed E-state index contributed by atoms with van der Waals surface area (Å²) in [4.78, 5) is 0. The van der Waals surface area contributed by atoms with E-state index in [2.05, 4.69) is 5.32 Å². The topological polar surface area (TPSA) is 61.7 Å². The van der Waals surface area contributed by atoms with Crippen LogP contribution < -0.4 is 10.1 Å². The van der Waals surface area contributed by atoms with E-state index in [1.54, 1.807) is 25.3 Å². The van der Waals surface area contributed by atoms with Crippen molar-refractivity contribution >= 4 is 17.3 Å². The van der Waals surface area contributed by atoms with Crippen LogP contribution >= 0.6 is 11.6 Å². The van der Waals surface area contributed by atoms with E-state index in [4.69, 9.17) is 26.6 Å². The minimum Gasteiger partial charge on any atom is -0.495 e. The Balaban J connectivity index is 2.59. The van der Waals surface area contributed by atoms with Crippen molar-refractivity contribution in [1.29, 1.82) is 0 Å². The molecule has 5 heteroatoms. The predicted molar refractivity (Wildman–Crippen MR) is 59.6 cm³/mol. The molecule has 0 radical (unpaired) electrons. The van der Waals surface area contributed by atoms with Gasteiger partial charge in [-0.1, -0.05) is 11.6 Å². The van der Waals surface area contributed by atoms with E-state index in [1.165, 1.54) is 0 Å². The van der Waals surface area contributed by atoms with Gasteiger partial charge in [0.15, 0.2) is 0 Å². The Morgan fingerprint density at radius 2 is 2.27 bits per heavy atom. The standard InChI is InChI=1S/C10H14ClNO3/c1-15-10-3-2-7(4-9(10)11)12-5-8(14)6-13/h2-4,8,12-14H,5-6H2,1H3. The molecule has 0 heterocycles. The van der Waals surface area contributed by atoms with Crippen LogP contribution in [-0.2, 0) is 0 Å². The summed E-state index contributed by atoms with van der Waals surface area (Å²) < 4.78 is 5.00. The molecule has 0 bridgehead atoms. The van der Waals surface area contributed by atoms with Gasteiger partial charge < -0.3 is 20.3 Å².